The molecular formula is C26H29N3O4. The fraction of sp³-hybridized carbons (Fsp3) is 0.462. The van der Waals surface area contributed by atoms with E-state index < -0.39 is 0 Å². The van der Waals surface area contributed by atoms with Crippen molar-refractivity contribution in [1.82, 2.24) is 4.90 Å². The van der Waals surface area contributed by atoms with Gasteiger partial charge in [-0.2, -0.15) is 0 Å². The Kier molecular flexibility index (Phi) is 5.98. The second-order valence-corrected chi connectivity index (χ2v) is 9.57. The van der Waals surface area contributed by atoms with Gasteiger partial charge in [-0.1, -0.05) is 12.1 Å². The molecule has 0 N–H and O–H groups in total. The molecular weight excluding hydrogens is 418 g/mol. The molecule has 7 heteroatoms. The second kappa shape index (κ2) is 9.06. The van der Waals surface area contributed by atoms with Gasteiger partial charge in [-0.05, 0) is 79.9 Å². The van der Waals surface area contributed by atoms with E-state index in [9.17, 15) is 19.7 Å². The smallest absolute Gasteiger partial charge is 0.269 e. The Morgan fingerprint density at radius 2 is 1.79 bits per heavy atom. The van der Waals surface area contributed by atoms with Gasteiger partial charge in [0.2, 0.25) is 5.91 Å². The summed E-state index contributed by atoms with van der Waals surface area (Å²) < 4.78 is 0. The van der Waals surface area contributed by atoms with Crippen molar-refractivity contribution in [1.29, 1.82) is 0 Å². The first-order valence-electron chi connectivity index (χ1n) is 11.9. The number of benzene rings is 2. The van der Waals surface area contributed by atoms with E-state index in [4.69, 9.17) is 0 Å². The van der Waals surface area contributed by atoms with Gasteiger partial charge in [0.15, 0.2) is 5.78 Å². The van der Waals surface area contributed by atoms with Crippen LogP contribution in [0.25, 0.3) is 0 Å². The number of ketones is 1. The van der Waals surface area contributed by atoms with Crippen LogP contribution >= 0.6 is 0 Å². The molecule has 3 heterocycles. The van der Waals surface area contributed by atoms with Crippen molar-refractivity contribution in [2.24, 2.45) is 5.92 Å². The molecule has 2 aromatic carbocycles. The van der Waals surface area contributed by atoms with Crippen molar-refractivity contribution in [2.75, 3.05) is 24.5 Å². The Morgan fingerprint density at radius 1 is 1.06 bits per heavy atom. The zero-order chi connectivity index (χ0) is 22.9. The molecule has 0 atom stereocenters. The van der Waals surface area contributed by atoms with Crippen LogP contribution in [0.4, 0.5) is 11.4 Å². The lowest BCUT2D eigenvalue weighted by Gasteiger charge is -2.32. The van der Waals surface area contributed by atoms with E-state index in [1.54, 1.807) is 12.1 Å². The van der Waals surface area contributed by atoms with Crippen molar-refractivity contribution in [2.45, 2.75) is 51.5 Å². The fourth-order valence-electron chi connectivity index (χ4n) is 5.53. The highest BCUT2D eigenvalue weighted by Gasteiger charge is 2.33. The number of nitro groups is 1. The third-order valence-corrected chi connectivity index (χ3v) is 7.37. The summed E-state index contributed by atoms with van der Waals surface area (Å²) in [6, 6.07) is 10.8. The molecule has 1 amide bonds. The number of likely N-dealkylation sites (tertiary alicyclic amines) is 1. The maximum atomic E-state index is 13.0. The number of carbonyl (C=O) groups excluding carboxylic acids is 2. The van der Waals surface area contributed by atoms with Crippen LogP contribution in [0.5, 0.6) is 0 Å². The van der Waals surface area contributed by atoms with Gasteiger partial charge in [-0.15, -0.1) is 0 Å². The highest BCUT2D eigenvalue weighted by atomic mass is 16.6. The minimum absolute atomic E-state index is 0.124. The van der Waals surface area contributed by atoms with Crippen molar-refractivity contribution in [3.05, 3.63) is 68.8 Å². The maximum Gasteiger partial charge on any atom is 0.269 e. The molecule has 0 aliphatic carbocycles. The number of Topliss-reactive ketones (excluding diaryl/α,β-unsaturated/α-hetero) is 1. The van der Waals surface area contributed by atoms with Crippen molar-refractivity contribution >= 4 is 23.1 Å². The third-order valence-electron chi connectivity index (χ3n) is 7.37. The zero-order valence-electron chi connectivity index (χ0n) is 18.8. The van der Waals surface area contributed by atoms with Crippen molar-refractivity contribution < 1.29 is 14.5 Å². The molecule has 0 aromatic heterocycles. The van der Waals surface area contributed by atoms with E-state index in [-0.39, 0.29) is 22.3 Å². The average molecular weight is 448 g/mol. The van der Waals surface area contributed by atoms with Crippen molar-refractivity contribution in [3.63, 3.8) is 0 Å². The molecule has 33 heavy (non-hydrogen) atoms. The summed E-state index contributed by atoms with van der Waals surface area (Å²) >= 11 is 0. The summed E-state index contributed by atoms with van der Waals surface area (Å²) in [5.41, 5.74) is 5.25. The van der Waals surface area contributed by atoms with E-state index in [0.29, 0.717) is 18.8 Å². The third kappa shape index (κ3) is 4.55. The van der Waals surface area contributed by atoms with Crippen LogP contribution in [0.1, 0.15) is 59.2 Å². The van der Waals surface area contributed by atoms with Crippen LogP contribution in [-0.4, -0.2) is 41.1 Å². The number of hydrogen-bond acceptors (Lipinski definition) is 5. The number of non-ortho nitro benzene ring substituents is 1. The van der Waals surface area contributed by atoms with Crippen LogP contribution in [0.15, 0.2) is 36.4 Å². The normalized spacial score (nSPS) is 18.4. The summed E-state index contributed by atoms with van der Waals surface area (Å²) in [5, 5.41) is 10.8. The standard InChI is InChI=1S/C26H29N3O4/c30-24(21-14-20-2-1-11-28-25(31)16-22(15-21)26(20)28)8-5-18-9-12-27(13-10-18)17-19-3-6-23(7-4-19)29(32)33/h3-4,6-7,14-15,18H,1-2,5,8-13,16-17H2. The number of piperidine rings is 1. The molecule has 3 aliphatic heterocycles. The lowest BCUT2D eigenvalue weighted by molar-refractivity contribution is -0.384. The predicted molar refractivity (Wildman–Crippen MR) is 125 cm³/mol. The van der Waals surface area contributed by atoms with Gasteiger partial charge < -0.3 is 4.90 Å². The van der Waals surface area contributed by atoms with E-state index in [2.05, 4.69) is 4.90 Å². The van der Waals surface area contributed by atoms with Crippen LogP contribution in [0.2, 0.25) is 0 Å². The Bertz CT molecular complexity index is 1090. The first-order chi connectivity index (χ1) is 16.0. The minimum Gasteiger partial charge on any atom is -0.312 e. The maximum absolute atomic E-state index is 13.0. The molecule has 1 saturated heterocycles. The van der Waals surface area contributed by atoms with Gasteiger partial charge in [0, 0.05) is 37.2 Å². The summed E-state index contributed by atoms with van der Waals surface area (Å²) in [6.45, 7) is 3.57. The minimum atomic E-state index is -0.372. The first kappa shape index (κ1) is 21.8. The molecule has 7 nitrogen and oxygen atoms in total. The summed E-state index contributed by atoms with van der Waals surface area (Å²) in [7, 11) is 0. The van der Waals surface area contributed by atoms with E-state index in [0.717, 1.165) is 86.2 Å². The molecule has 0 saturated carbocycles. The molecule has 2 aromatic rings. The number of aryl methyl sites for hydroxylation is 1. The molecule has 172 valence electrons. The highest BCUT2D eigenvalue weighted by Crippen LogP contribution is 2.38. The molecule has 1 fully saturated rings. The van der Waals surface area contributed by atoms with Crippen LogP contribution in [-0.2, 0) is 24.2 Å². The Labute approximate surface area is 193 Å². The van der Waals surface area contributed by atoms with Gasteiger partial charge in [0.25, 0.3) is 5.69 Å². The number of anilines is 1. The van der Waals surface area contributed by atoms with Gasteiger partial charge >= 0.3 is 0 Å². The number of amides is 1. The number of rotatable bonds is 7. The van der Waals surface area contributed by atoms with Crippen LogP contribution in [0.3, 0.4) is 0 Å². The number of nitro benzene ring substituents is 1. The predicted octanol–water partition coefficient (Wildman–Crippen LogP) is 4.31. The Balaban J connectivity index is 1.12. The number of carbonyl (C=O) groups is 2. The van der Waals surface area contributed by atoms with E-state index in [1.165, 1.54) is 0 Å². The topological polar surface area (TPSA) is 83.8 Å². The Hall–Kier alpha value is -3.06. The monoisotopic (exact) mass is 447 g/mol. The van der Waals surface area contributed by atoms with Crippen LogP contribution in [0, 0.1) is 16.0 Å². The quantitative estimate of drug-likeness (QED) is 0.359. The molecule has 0 bridgehead atoms. The lowest BCUT2D eigenvalue weighted by Crippen LogP contribution is -2.33. The van der Waals surface area contributed by atoms with E-state index >= 15 is 0 Å². The molecule has 0 unspecified atom stereocenters. The van der Waals surface area contributed by atoms with E-state index in [1.807, 2.05) is 29.2 Å². The Morgan fingerprint density at radius 3 is 2.52 bits per heavy atom. The molecule has 0 radical (unpaired) electrons. The molecule has 3 aliphatic rings. The summed E-state index contributed by atoms with van der Waals surface area (Å²) in [5.74, 6) is 0.904. The van der Waals surface area contributed by atoms with Gasteiger partial charge in [0.05, 0.1) is 17.0 Å². The zero-order valence-corrected chi connectivity index (χ0v) is 18.8. The molecule has 0 spiro atoms. The van der Waals surface area contributed by atoms with Gasteiger partial charge in [0.1, 0.15) is 0 Å². The van der Waals surface area contributed by atoms with Crippen molar-refractivity contribution in [3.8, 4) is 0 Å². The van der Waals surface area contributed by atoms with Gasteiger partial charge in [-0.3, -0.25) is 24.6 Å². The average Bonchev–Trinajstić information content (AvgIpc) is 3.15. The largest absolute Gasteiger partial charge is 0.312 e. The van der Waals surface area contributed by atoms with Crippen LogP contribution < -0.4 is 4.90 Å². The second-order valence-electron chi connectivity index (χ2n) is 9.57. The lowest BCUT2D eigenvalue weighted by atomic mass is 9.89. The SMILES string of the molecule is O=C(CCC1CCN(Cc2ccc([N+](=O)[O-])cc2)CC1)c1cc2c3c(c1)CC(=O)N3CCC2. The van der Waals surface area contributed by atoms with Gasteiger partial charge in [-0.25, -0.2) is 0 Å². The summed E-state index contributed by atoms with van der Waals surface area (Å²) in [4.78, 5) is 39.9. The first-order valence-corrected chi connectivity index (χ1v) is 11.9. The number of hydrogen-bond donors (Lipinski definition) is 0. The molecule has 5 rings (SSSR count). The number of nitrogens with zero attached hydrogens (tertiary/aromatic N) is 3. The fourth-order valence-corrected chi connectivity index (χ4v) is 5.53. The summed E-state index contributed by atoms with van der Waals surface area (Å²) in [6.07, 6.45) is 5.94. The highest BCUT2D eigenvalue weighted by molar-refractivity contribution is 6.05.